The number of anilines is 1. The largest absolute Gasteiger partial charge is 0.388 e. The third-order valence-corrected chi connectivity index (χ3v) is 3.73. The predicted octanol–water partition coefficient (Wildman–Crippen LogP) is 1.22. The number of hydrogen-bond donors (Lipinski definition) is 2. The first-order valence-electron chi connectivity index (χ1n) is 7.07. The van der Waals surface area contributed by atoms with Gasteiger partial charge in [-0.25, -0.2) is 0 Å². The van der Waals surface area contributed by atoms with Crippen molar-refractivity contribution in [2.24, 2.45) is 10.8 Å². The molecule has 7 heteroatoms. The van der Waals surface area contributed by atoms with Gasteiger partial charge in [0.15, 0.2) is 5.71 Å². The topological polar surface area (TPSA) is 80.0 Å². The lowest BCUT2D eigenvalue weighted by Gasteiger charge is -2.26. The molecule has 1 aliphatic heterocycles. The summed E-state index contributed by atoms with van der Waals surface area (Å²) < 4.78 is 5.23. The van der Waals surface area contributed by atoms with Gasteiger partial charge in [-0.2, -0.15) is 5.10 Å². The molecule has 0 radical (unpaired) electrons. The SMILES string of the molecule is Cc1ccc(N/N=C(/C(=O)N2CCOCC2)C(N)=S)cc1C. The first-order valence-corrected chi connectivity index (χ1v) is 7.47. The summed E-state index contributed by atoms with van der Waals surface area (Å²) in [7, 11) is 0. The van der Waals surface area contributed by atoms with E-state index in [-0.39, 0.29) is 16.6 Å². The number of morpholine rings is 1. The van der Waals surface area contributed by atoms with E-state index in [0.717, 1.165) is 11.3 Å². The summed E-state index contributed by atoms with van der Waals surface area (Å²) in [6.07, 6.45) is 0. The maximum atomic E-state index is 12.4. The average molecular weight is 320 g/mol. The highest BCUT2D eigenvalue weighted by atomic mass is 32.1. The van der Waals surface area contributed by atoms with E-state index in [1.54, 1.807) is 4.90 Å². The Labute approximate surface area is 135 Å². The van der Waals surface area contributed by atoms with Crippen LogP contribution in [0.3, 0.4) is 0 Å². The van der Waals surface area contributed by atoms with E-state index >= 15 is 0 Å². The van der Waals surface area contributed by atoms with Crippen molar-refractivity contribution in [3.63, 3.8) is 0 Å². The molecule has 0 atom stereocenters. The van der Waals surface area contributed by atoms with Gasteiger partial charge in [0.1, 0.15) is 4.99 Å². The Balaban J connectivity index is 2.14. The predicted molar refractivity (Wildman–Crippen MR) is 91.2 cm³/mol. The molecule has 0 unspecified atom stereocenters. The second kappa shape index (κ2) is 7.33. The Morgan fingerprint density at radius 3 is 2.59 bits per heavy atom. The lowest BCUT2D eigenvalue weighted by atomic mass is 10.1. The second-order valence-electron chi connectivity index (χ2n) is 5.14. The van der Waals surface area contributed by atoms with Crippen molar-refractivity contribution in [3.05, 3.63) is 29.3 Å². The van der Waals surface area contributed by atoms with Crippen molar-refractivity contribution in [2.75, 3.05) is 31.7 Å². The number of ether oxygens (including phenoxy) is 1. The molecule has 118 valence electrons. The van der Waals surface area contributed by atoms with Gasteiger partial charge in [-0.3, -0.25) is 10.2 Å². The van der Waals surface area contributed by atoms with Crippen LogP contribution in [0.1, 0.15) is 11.1 Å². The Hall–Kier alpha value is -1.99. The number of carbonyl (C=O) groups excluding carboxylic acids is 1. The van der Waals surface area contributed by atoms with Gasteiger partial charge in [0.25, 0.3) is 5.91 Å². The summed E-state index contributed by atoms with van der Waals surface area (Å²) in [4.78, 5) is 14.0. The fourth-order valence-electron chi connectivity index (χ4n) is 2.06. The van der Waals surface area contributed by atoms with Crippen LogP contribution in [0.2, 0.25) is 0 Å². The normalized spacial score (nSPS) is 15.5. The number of nitrogens with zero attached hydrogens (tertiary/aromatic N) is 2. The zero-order chi connectivity index (χ0) is 16.1. The van der Waals surface area contributed by atoms with Crippen molar-refractivity contribution >= 4 is 34.5 Å². The van der Waals surface area contributed by atoms with Gasteiger partial charge in [-0.15, -0.1) is 0 Å². The number of benzene rings is 1. The van der Waals surface area contributed by atoms with Crippen molar-refractivity contribution in [2.45, 2.75) is 13.8 Å². The number of amides is 1. The van der Waals surface area contributed by atoms with Gasteiger partial charge >= 0.3 is 0 Å². The number of thiocarbonyl (C=S) groups is 1. The highest BCUT2D eigenvalue weighted by molar-refractivity contribution is 7.82. The van der Waals surface area contributed by atoms with Crippen LogP contribution in [0.4, 0.5) is 5.69 Å². The monoisotopic (exact) mass is 320 g/mol. The molecule has 1 aromatic carbocycles. The van der Waals surface area contributed by atoms with Crippen molar-refractivity contribution < 1.29 is 9.53 Å². The Morgan fingerprint density at radius 2 is 2.00 bits per heavy atom. The van der Waals surface area contributed by atoms with Crippen molar-refractivity contribution in [1.29, 1.82) is 0 Å². The highest BCUT2D eigenvalue weighted by Crippen LogP contribution is 2.14. The molecule has 3 N–H and O–H groups in total. The molecule has 0 aromatic heterocycles. The van der Waals surface area contributed by atoms with Crippen LogP contribution < -0.4 is 11.2 Å². The quantitative estimate of drug-likeness (QED) is 0.495. The van der Waals surface area contributed by atoms with Gasteiger partial charge in [-0.05, 0) is 37.1 Å². The molecule has 22 heavy (non-hydrogen) atoms. The zero-order valence-electron chi connectivity index (χ0n) is 12.8. The fraction of sp³-hybridized carbons (Fsp3) is 0.400. The average Bonchev–Trinajstić information content (AvgIpc) is 2.51. The number of aryl methyl sites for hydroxylation is 2. The summed E-state index contributed by atoms with van der Waals surface area (Å²) >= 11 is 4.95. The van der Waals surface area contributed by atoms with Gasteiger partial charge in [0, 0.05) is 13.1 Å². The van der Waals surface area contributed by atoms with E-state index < -0.39 is 0 Å². The molecule has 1 saturated heterocycles. The Morgan fingerprint density at radius 1 is 1.32 bits per heavy atom. The highest BCUT2D eigenvalue weighted by Gasteiger charge is 2.23. The zero-order valence-corrected chi connectivity index (χ0v) is 13.6. The van der Waals surface area contributed by atoms with E-state index in [9.17, 15) is 4.79 Å². The number of hydrogen-bond acceptors (Lipinski definition) is 5. The molecule has 2 rings (SSSR count). The third kappa shape index (κ3) is 4.02. The molecule has 0 spiro atoms. The molecule has 1 aromatic rings. The van der Waals surface area contributed by atoms with Crippen LogP contribution in [0.15, 0.2) is 23.3 Å². The van der Waals surface area contributed by atoms with E-state index in [4.69, 9.17) is 22.7 Å². The summed E-state index contributed by atoms with van der Waals surface area (Å²) in [5.41, 5.74) is 11.7. The van der Waals surface area contributed by atoms with Crippen LogP contribution in [0.5, 0.6) is 0 Å². The van der Waals surface area contributed by atoms with Crippen molar-refractivity contribution in [1.82, 2.24) is 4.90 Å². The maximum absolute atomic E-state index is 12.4. The smallest absolute Gasteiger partial charge is 0.277 e. The van der Waals surface area contributed by atoms with E-state index in [0.29, 0.717) is 26.3 Å². The van der Waals surface area contributed by atoms with Gasteiger partial charge in [-0.1, -0.05) is 18.3 Å². The van der Waals surface area contributed by atoms with Gasteiger partial charge in [0.2, 0.25) is 0 Å². The second-order valence-corrected chi connectivity index (χ2v) is 5.58. The maximum Gasteiger partial charge on any atom is 0.277 e. The first kappa shape index (κ1) is 16.4. The number of carbonyl (C=O) groups is 1. The molecule has 1 aliphatic rings. The molecule has 0 bridgehead atoms. The van der Waals surface area contributed by atoms with Crippen LogP contribution >= 0.6 is 12.2 Å². The number of nitrogens with two attached hydrogens (primary N) is 1. The molecular formula is C15H20N4O2S. The minimum absolute atomic E-state index is 0.0205. The van der Waals surface area contributed by atoms with E-state index in [1.807, 2.05) is 32.0 Å². The molecule has 1 heterocycles. The Bertz CT molecular complexity index is 610. The number of rotatable bonds is 4. The molecule has 6 nitrogen and oxygen atoms in total. The molecule has 0 saturated carbocycles. The number of nitrogens with one attached hydrogen (secondary N) is 1. The summed E-state index contributed by atoms with van der Waals surface area (Å²) in [5.74, 6) is -0.271. The lowest BCUT2D eigenvalue weighted by Crippen LogP contribution is -2.47. The molecule has 0 aliphatic carbocycles. The lowest BCUT2D eigenvalue weighted by molar-refractivity contribution is -0.127. The molecule has 1 amide bonds. The van der Waals surface area contributed by atoms with Crippen molar-refractivity contribution in [3.8, 4) is 0 Å². The summed E-state index contributed by atoms with van der Waals surface area (Å²) in [6.45, 7) is 6.11. The summed E-state index contributed by atoms with van der Waals surface area (Å²) in [5, 5.41) is 4.11. The van der Waals surface area contributed by atoms with E-state index in [1.165, 1.54) is 5.56 Å². The number of hydrazone groups is 1. The van der Waals surface area contributed by atoms with E-state index in [2.05, 4.69) is 10.5 Å². The van der Waals surface area contributed by atoms with Gasteiger partial charge in [0.05, 0.1) is 18.9 Å². The minimum Gasteiger partial charge on any atom is -0.388 e. The third-order valence-electron chi connectivity index (χ3n) is 3.54. The first-order chi connectivity index (χ1) is 10.5. The van der Waals surface area contributed by atoms with Crippen LogP contribution in [-0.2, 0) is 9.53 Å². The molecular weight excluding hydrogens is 300 g/mol. The van der Waals surface area contributed by atoms with Gasteiger partial charge < -0.3 is 15.4 Å². The van der Waals surface area contributed by atoms with Crippen LogP contribution in [0.25, 0.3) is 0 Å². The van der Waals surface area contributed by atoms with Crippen LogP contribution in [0, 0.1) is 13.8 Å². The summed E-state index contributed by atoms with van der Waals surface area (Å²) in [6, 6.07) is 5.83. The fourth-order valence-corrected chi connectivity index (χ4v) is 2.19. The van der Waals surface area contributed by atoms with Crippen LogP contribution in [-0.4, -0.2) is 47.8 Å². The standard InChI is InChI=1S/C15H20N4O2S/c1-10-3-4-12(9-11(10)2)17-18-13(14(16)22)15(20)19-5-7-21-8-6-19/h3-4,9,17H,5-8H2,1-2H3,(H2,16,22)/b18-13+. The molecule has 1 fully saturated rings. The minimum atomic E-state index is -0.271. The Kier molecular flexibility index (Phi) is 5.46.